The van der Waals surface area contributed by atoms with Crippen LogP contribution in [0.2, 0.25) is 0 Å². The first kappa shape index (κ1) is 20.9. The predicted molar refractivity (Wildman–Crippen MR) is 124 cm³/mol. The zero-order chi connectivity index (χ0) is 23.1. The van der Waals surface area contributed by atoms with E-state index >= 15 is 0 Å². The fraction of sp³-hybridized carbons (Fsp3) is 0.292. The summed E-state index contributed by atoms with van der Waals surface area (Å²) in [5, 5.41) is 5.25. The number of hydrogen-bond donors (Lipinski definition) is 0. The highest BCUT2D eigenvalue weighted by atomic mass is 16.4. The highest BCUT2D eigenvalue weighted by molar-refractivity contribution is 5.96. The molecule has 1 fully saturated rings. The Hall–Kier alpha value is -4.01. The zero-order valence-corrected chi connectivity index (χ0v) is 18.8. The van der Waals surface area contributed by atoms with E-state index < -0.39 is 5.63 Å². The van der Waals surface area contributed by atoms with E-state index in [4.69, 9.17) is 4.42 Å². The molecule has 9 heteroatoms. The van der Waals surface area contributed by atoms with E-state index in [0.29, 0.717) is 37.6 Å². The maximum atomic E-state index is 13.1. The van der Waals surface area contributed by atoms with E-state index in [1.807, 2.05) is 49.7 Å². The second kappa shape index (κ2) is 8.16. The summed E-state index contributed by atoms with van der Waals surface area (Å²) in [5.41, 5.74) is 1.85. The molecule has 1 saturated heterocycles. The minimum absolute atomic E-state index is 0.0619. The number of carbonyl (C=O) groups is 1. The maximum absolute atomic E-state index is 13.1. The Balaban J connectivity index is 1.34. The Morgan fingerprint density at radius 3 is 2.39 bits per heavy atom. The van der Waals surface area contributed by atoms with E-state index in [9.17, 15) is 9.59 Å². The first-order valence-electron chi connectivity index (χ1n) is 10.9. The van der Waals surface area contributed by atoms with Crippen molar-refractivity contribution in [3.05, 3.63) is 75.7 Å². The summed E-state index contributed by atoms with van der Waals surface area (Å²) in [6.45, 7) is 7.94. The van der Waals surface area contributed by atoms with Crippen LogP contribution in [0.15, 0.2) is 51.7 Å². The monoisotopic (exact) mass is 444 g/mol. The van der Waals surface area contributed by atoms with Crippen molar-refractivity contribution in [2.75, 3.05) is 31.1 Å². The summed E-state index contributed by atoms with van der Waals surface area (Å²) >= 11 is 0. The van der Waals surface area contributed by atoms with Crippen LogP contribution in [0.1, 0.15) is 27.6 Å². The molecule has 0 saturated carbocycles. The lowest BCUT2D eigenvalue weighted by Gasteiger charge is -2.35. The fourth-order valence-electron chi connectivity index (χ4n) is 4.19. The van der Waals surface area contributed by atoms with Gasteiger partial charge in [0.2, 0.25) is 0 Å². The molecule has 1 amide bonds. The Morgan fingerprint density at radius 2 is 1.67 bits per heavy atom. The largest absolute Gasteiger partial charge is 0.422 e. The van der Waals surface area contributed by atoms with Crippen molar-refractivity contribution < 1.29 is 9.21 Å². The number of para-hydroxylation sites is 1. The lowest BCUT2D eigenvalue weighted by molar-refractivity contribution is 0.0742. The summed E-state index contributed by atoms with van der Waals surface area (Å²) in [7, 11) is 0. The Kier molecular flexibility index (Phi) is 5.16. The molecule has 0 radical (unpaired) electrons. The second-order valence-corrected chi connectivity index (χ2v) is 8.24. The number of piperazine rings is 1. The van der Waals surface area contributed by atoms with Crippen LogP contribution in [0, 0.1) is 20.8 Å². The standard InChI is InChI=1S/C24H24N6O3/c1-15-12-16(2)30(27-15)22-14-21(25-17(3)26-22)28-8-10-29(11-9-28)23(31)19-13-18-6-4-5-7-20(18)33-24(19)32/h4-7,12-14H,8-11H2,1-3H3. The topological polar surface area (TPSA) is 97.4 Å². The van der Waals surface area contributed by atoms with Crippen molar-refractivity contribution in [2.45, 2.75) is 20.8 Å². The quantitative estimate of drug-likeness (QED) is 0.448. The number of fused-ring (bicyclic) bond motifs is 1. The molecule has 168 valence electrons. The third-order valence-electron chi connectivity index (χ3n) is 5.80. The molecule has 0 spiro atoms. The van der Waals surface area contributed by atoms with Gasteiger partial charge in [-0.3, -0.25) is 4.79 Å². The van der Waals surface area contributed by atoms with Gasteiger partial charge >= 0.3 is 5.63 Å². The van der Waals surface area contributed by atoms with Crippen molar-refractivity contribution in [1.29, 1.82) is 0 Å². The minimum Gasteiger partial charge on any atom is -0.422 e. The molecule has 4 heterocycles. The lowest BCUT2D eigenvalue weighted by atomic mass is 10.1. The van der Waals surface area contributed by atoms with Crippen LogP contribution in [-0.2, 0) is 0 Å². The van der Waals surface area contributed by atoms with Gasteiger partial charge in [-0.25, -0.2) is 19.4 Å². The molecule has 5 rings (SSSR count). The normalized spacial score (nSPS) is 14.2. The highest BCUT2D eigenvalue weighted by Gasteiger charge is 2.26. The molecule has 1 aliphatic rings. The lowest BCUT2D eigenvalue weighted by Crippen LogP contribution is -2.49. The van der Waals surface area contributed by atoms with Crippen molar-refractivity contribution in [3.63, 3.8) is 0 Å². The number of rotatable bonds is 3. The number of aryl methyl sites for hydroxylation is 3. The minimum atomic E-state index is -0.609. The van der Waals surface area contributed by atoms with Gasteiger partial charge in [0.1, 0.15) is 22.8 Å². The molecule has 0 bridgehead atoms. The average molecular weight is 444 g/mol. The Bertz CT molecular complexity index is 1420. The van der Waals surface area contributed by atoms with E-state index in [-0.39, 0.29) is 11.5 Å². The Labute approximate surface area is 190 Å². The molecule has 3 aromatic heterocycles. The molecule has 1 aromatic carbocycles. The van der Waals surface area contributed by atoms with Gasteiger partial charge < -0.3 is 14.2 Å². The average Bonchev–Trinajstić information content (AvgIpc) is 3.15. The molecule has 33 heavy (non-hydrogen) atoms. The van der Waals surface area contributed by atoms with E-state index in [1.165, 1.54) is 0 Å². The zero-order valence-electron chi connectivity index (χ0n) is 18.8. The number of anilines is 1. The molecular formula is C24H24N6O3. The molecule has 0 atom stereocenters. The fourth-order valence-corrected chi connectivity index (χ4v) is 4.19. The number of hydrogen-bond acceptors (Lipinski definition) is 7. The van der Waals surface area contributed by atoms with Crippen LogP contribution in [-0.4, -0.2) is 56.7 Å². The number of benzene rings is 1. The van der Waals surface area contributed by atoms with Crippen LogP contribution >= 0.6 is 0 Å². The smallest absolute Gasteiger partial charge is 0.349 e. The maximum Gasteiger partial charge on any atom is 0.349 e. The second-order valence-electron chi connectivity index (χ2n) is 8.24. The number of nitrogens with zero attached hydrogens (tertiary/aromatic N) is 6. The summed E-state index contributed by atoms with van der Waals surface area (Å²) < 4.78 is 7.15. The number of aromatic nitrogens is 4. The third kappa shape index (κ3) is 3.97. The highest BCUT2D eigenvalue weighted by Crippen LogP contribution is 2.20. The summed E-state index contributed by atoms with van der Waals surface area (Å²) in [6, 6.07) is 12.7. The van der Waals surface area contributed by atoms with E-state index in [2.05, 4.69) is 20.0 Å². The van der Waals surface area contributed by atoms with Gasteiger partial charge in [0.15, 0.2) is 5.82 Å². The van der Waals surface area contributed by atoms with Gasteiger partial charge in [-0.1, -0.05) is 18.2 Å². The van der Waals surface area contributed by atoms with Gasteiger partial charge in [0, 0.05) is 43.3 Å². The van der Waals surface area contributed by atoms with Crippen molar-refractivity contribution in [1.82, 2.24) is 24.6 Å². The first-order valence-corrected chi connectivity index (χ1v) is 10.9. The number of amides is 1. The molecular weight excluding hydrogens is 420 g/mol. The molecule has 0 N–H and O–H groups in total. The molecule has 4 aromatic rings. The van der Waals surface area contributed by atoms with Gasteiger partial charge in [-0.2, -0.15) is 5.10 Å². The van der Waals surface area contributed by atoms with Crippen LogP contribution in [0.5, 0.6) is 0 Å². The van der Waals surface area contributed by atoms with Gasteiger partial charge in [-0.15, -0.1) is 0 Å². The summed E-state index contributed by atoms with van der Waals surface area (Å²) in [6.07, 6.45) is 0. The van der Waals surface area contributed by atoms with Gasteiger partial charge in [0.25, 0.3) is 5.91 Å². The number of carbonyl (C=O) groups excluding carboxylic acids is 1. The van der Waals surface area contributed by atoms with Crippen LogP contribution in [0.3, 0.4) is 0 Å². The predicted octanol–water partition coefficient (Wildman–Crippen LogP) is 2.66. The molecule has 9 nitrogen and oxygen atoms in total. The first-order chi connectivity index (χ1) is 15.9. The van der Waals surface area contributed by atoms with E-state index in [0.717, 1.165) is 28.4 Å². The Morgan fingerprint density at radius 1 is 0.939 bits per heavy atom. The summed E-state index contributed by atoms with van der Waals surface area (Å²) in [5.74, 6) is 1.86. The third-order valence-corrected chi connectivity index (χ3v) is 5.80. The van der Waals surface area contributed by atoms with Crippen LogP contribution in [0.4, 0.5) is 5.82 Å². The van der Waals surface area contributed by atoms with Crippen LogP contribution < -0.4 is 10.5 Å². The summed E-state index contributed by atoms with van der Waals surface area (Å²) in [4.78, 5) is 38.4. The van der Waals surface area contributed by atoms with E-state index in [1.54, 1.807) is 23.1 Å². The molecule has 0 unspecified atom stereocenters. The van der Waals surface area contributed by atoms with Crippen molar-refractivity contribution >= 4 is 22.7 Å². The van der Waals surface area contributed by atoms with Gasteiger partial charge in [0.05, 0.1) is 5.69 Å². The van der Waals surface area contributed by atoms with Crippen LogP contribution in [0.25, 0.3) is 16.8 Å². The van der Waals surface area contributed by atoms with Gasteiger partial charge in [-0.05, 0) is 39.0 Å². The molecule has 0 aliphatic carbocycles. The SMILES string of the molecule is Cc1cc(C)n(-c2cc(N3CCN(C(=O)c4cc5ccccc5oc4=O)CC3)nc(C)n2)n1. The van der Waals surface area contributed by atoms with Crippen molar-refractivity contribution in [3.8, 4) is 5.82 Å². The van der Waals surface area contributed by atoms with Crippen molar-refractivity contribution in [2.24, 2.45) is 0 Å². The molecule has 1 aliphatic heterocycles.